The van der Waals surface area contributed by atoms with Crippen LogP contribution in [0, 0.1) is 0 Å². The van der Waals surface area contributed by atoms with Crippen LogP contribution in [0.3, 0.4) is 0 Å². The maximum Gasteiger partial charge on any atom is 0.348 e. The molecule has 6 heteroatoms. The van der Waals surface area contributed by atoms with E-state index in [-0.39, 0.29) is 0 Å². The summed E-state index contributed by atoms with van der Waals surface area (Å²) in [5.41, 5.74) is 1.17. The maximum atomic E-state index is 12.4. The van der Waals surface area contributed by atoms with Gasteiger partial charge in [-0.15, -0.1) is 0 Å². The standard InChI is InChI=1S/C20H16O6/c1-22-13-6-4-11(5-7-13)18-19-17(26-20(18)21)9-12-8-15(23-2)16(24-3)10-14(12)25-19/h4-10H,1-3H3. The zero-order chi connectivity index (χ0) is 18.3. The molecule has 0 atom stereocenters. The molecule has 132 valence electrons. The van der Waals surface area contributed by atoms with Crippen LogP contribution >= 0.6 is 0 Å². The summed E-state index contributed by atoms with van der Waals surface area (Å²) in [5.74, 6) is 2.58. The molecule has 2 heterocycles. The number of benzene rings is 2. The van der Waals surface area contributed by atoms with E-state index in [4.69, 9.17) is 23.0 Å². The molecule has 0 amide bonds. The molecule has 0 N–H and O–H groups in total. The third kappa shape index (κ3) is 2.47. The number of methoxy groups -OCH3 is 3. The number of hydrogen-bond donors (Lipinski definition) is 0. The van der Waals surface area contributed by atoms with E-state index in [1.54, 1.807) is 63.8 Å². The van der Waals surface area contributed by atoms with Crippen LogP contribution in [0.5, 0.6) is 17.2 Å². The summed E-state index contributed by atoms with van der Waals surface area (Å²) in [6.45, 7) is 0. The molecule has 0 bridgehead atoms. The van der Waals surface area contributed by atoms with Gasteiger partial charge in [-0.2, -0.15) is 0 Å². The molecule has 2 aromatic rings. The predicted molar refractivity (Wildman–Crippen MR) is 96.5 cm³/mol. The first-order valence-electron chi connectivity index (χ1n) is 7.91. The van der Waals surface area contributed by atoms with Crippen molar-refractivity contribution in [3.05, 3.63) is 52.9 Å². The Balaban J connectivity index is 1.96. The van der Waals surface area contributed by atoms with Crippen LogP contribution in [0.25, 0.3) is 33.6 Å². The molecule has 0 aliphatic carbocycles. The fourth-order valence-electron chi connectivity index (χ4n) is 2.94. The fraction of sp³-hybridized carbons (Fsp3) is 0.150. The molecule has 0 radical (unpaired) electrons. The first kappa shape index (κ1) is 16.1. The van der Waals surface area contributed by atoms with Gasteiger partial charge in [0.15, 0.2) is 23.0 Å². The Labute approximate surface area is 148 Å². The van der Waals surface area contributed by atoms with Crippen molar-refractivity contribution >= 4 is 11.0 Å². The van der Waals surface area contributed by atoms with Gasteiger partial charge in [-0.1, -0.05) is 12.1 Å². The first-order valence-corrected chi connectivity index (χ1v) is 7.91. The van der Waals surface area contributed by atoms with E-state index in [9.17, 15) is 4.79 Å². The third-order valence-electron chi connectivity index (χ3n) is 4.25. The molecule has 0 fully saturated rings. The van der Waals surface area contributed by atoms with E-state index in [0.29, 0.717) is 45.5 Å². The van der Waals surface area contributed by atoms with Gasteiger partial charge in [-0.25, -0.2) is 4.79 Å². The van der Waals surface area contributed by atoms with Gasteiger partial charge in [0.2, 0.25) is 0 Å². The van der Waals surface area contributed by atoms with E-state index < -0.39 is 5.63 Å². The molecular weight excluding hydrogens is 336 g/mol. The lowest BCUT2D eigenvalue weighted by atomic mass is 10.1. The minimum atomic E-state index is -0.455. The van der Waals surface area contributed by atoms with Crippen LogP contribution in [-0.2, 0) is 0 Å². The van der Waals surface area contributed by atoms with Gasteiger partial charge in [-0.3, -0.25) is 0 Å². The minimum absolute atomic E-state index is 0.374. The van der Waals surface area contributed by atoms with Crippen molar-refractivity contribution in [2.45, 2.75) is 0 Å². The molecule has 4 rings (SSSR count). The summed E-state index contributed by atoms with van der Waals surface area (Å²) in [6, 6.07) is 12.4. The third-order valence-corrected chi connectivity index (χ3v) is 4.25. The molecule has 6 nitrogen and oxygen atoms in total. The smallest absolute Gasteiger partial charge is 0.348 e. The first-order chi connectivity index (χ1) is 12.6. The van der Waals surface area contributed by atoms with E-state index in [1.165, 1.54) is 0 Å². The average Bonchev–Trinajstić information content (AvgIpc) is 2.99. The Morgan fingerprint density at radius 1 is 0.808 bits per heavy atom. The van der Waals surface area contributed by atoms with Gasteiger partial charge in [0.1, 0.15) is 16.9 Å². The zero-order valence-electron chi connectivity index (χ0n) is 14.5. The monoisotopic (exact) mass is 352 g/mol. The molecule has 0 unspecified atom stereocenters. The normalized spacial score (nSPS) is 11.0. The van der Waals surface area contributed by atoms with E-state index in [2.05, 4.69) is 0 Å². The highest BCUT2D eigenvalue weighted by Gasteiger charge is 2.24. The van der Waals surface area contributed by atoms with Crippen molar-refractivity contribution in [1.29, 1.82) is 0 Å². The lowest BCUT2D eigenvalue weighted by Gasteiger charge is -2.10. The maximum absolute atomic E-state index is 12.4. The largest absolute Gasteiger partial charge is 0.497 e. The number of hydrogen-bond acceptors (Lipinski definition) is 6. The van der Waals surface area contributed by atoms with Gasteiger partial charge in [0.05, 0.1) is 21.3 Å². The summed E-state index contributed by atoms with van der Waals surface area (Å²) >= 11 is 0. The van der Waals surface area contributed by atoms with Gasteiger partial charge in [0, 0.05) is 11.5 Å². The number of rotatable bonds is 4. The van der Waals surface area contributed by atoms with Crippen molar-refractivity contribution in [1.82, 2.24) is 0 Å². The van der Waals surface area contributed by atoms with Crippen molar-refractivity contribution < 1.29 is 23.0 Å². The SMILES string of the molecule is COc1ccc(-c2c3oc4cc(OC)c(OC)cc4cc-3oc2=O)cc1. The Kier molecular flexibility index (Phi) is 3.80. The van der Waals surface area contributed by atoms with E-state index in [0.717, 1.165) is 5.39 Å². The van der Waals surface area contributed by atoms with Gasteiger partial charge in [0.25, 0.3) is 0 Å². The fourth-order valence-corrected chi connectivity index (χ4v) is 2.94. The van der Waals surface area contributed by atoms with Crippen LogP contribution in [0.1, 0.15) is 0 Å². The number of ether oxygens (including phenoxy) is 3. The zero-order valence-corrected chi connectivity index (χ0v) is 14.5. The lowest BCUT2D eigenvalue weighted by Crippen LogP contribution is -1.96. The molecule has 0 aromatic heterocycles. The second kappa shape index (κ2) is 6.15. The highest BCUT2D eigenvalue weighted by atomic mass is 16.5. The van der Waals surface area contributed by atoms with Crippen LogP contribution in [0.15, 0.2) is 56.1 Å². The molecule has 2 aliphatic rings. The molecule has 2 aromatic carbocycles. The Bertz CT molecular complexity index is 1100. The Morgan fingerprint density at radius 3 is 2.15 bits per heavy atom. The van der Waals surface area contributed by atoms with Gasteiger partial charge >= 0.3 is 5.63 Å². The second-order valence-electron chi connectivity index (χ2n) is 5.68. The molecule has 26 heavy (non-hydrogen) atoms. The van der Waals surface area contributed by atoms with Crippen molar-refractivity contribution in [3.8, 4) is 39.9 Å². The quantitative estimate of drug-likeness (QED) is 0.549. The second-order valence-corrected chi connectivity index (χ2v) is 5.68. The van der Waals surface area contributed by atoms with Gasteiger partial charge < -0.3 is 23.0 Å². The summed E-state index contributed by atoms with van der Waals surface area (Å²) in [4.78, 5) is 12.4. The van der Waals surface area contributed by atoms with Crippen LogP contribution in [0.2, 0.25) is 0 Å². The Morgan fingerprint density at radius 2 is 1.50 bits per heavy atom. The van der Waals surface area contributed by atoms with Gasteiger partial charge in [-0.05, 0) is 29.8 Å². The highest BCUT2D eigenvalue weighted by Crippen LogP contribution is 2.39. The summed E-state index contributed by atoms with van der Waals surface area (Å²) in [7, 11) is 4.70. The Hall–Kier alpha value is -3.41. The molecule has 0 saturated carbocycles. The molecule has 2 aliphatic heterocycles. The summed E-state index contributed by atoms with van der Waals surface area (Å²) in [6.07, 6.45) is 0. The lowest BCUT2D eigenvalue weighted by molar-refractivity contribution is 0.355. The predicted octanol–water partition coefficient (Wildman–Crippen LogP) is 4.18. The average molecular weight is 352 g/mol. The number of fused-ring (bicyclic) bond motifs is 2. The van der Waals surface area contributed by atoms with Crippen LogP contribution in [-0.4, -0.2) is 21.3 Å². The van der Waals surface area contributed by atoms with Crippen LogP contribution < -0.4 is 19.8 Å². The van der Waals surface area contributed by atoms with Crippen LogP contribution in [0.4, 0.5) is 0 Å². The molecular formula is C20H16O6. The number of furan rings is 1. The summed E-state index contributed by atoms with van der Waals surface area (Å²) < 4.78 is 27.2. The van der Waals surface area contributed by atoms with Crippen molar-refractivity contribution in [2.24, 2.45) is 0 Å². The summed E-state index contributed by atoms with van der Waals surface area (Å²) in [5, 5.41) is 0.741. The highest BCUT2D eigenvalue weighted by molar-refractivity contribution is 5.88. The minimum Gasteiger partial charge on any atom is -0.497 e. The van der Waals surface area contributed by atoms with Crippen molar-refractivity contribution in [3.63, 3.8) is 0 Å². The molecule has 0 spiro atoms. The van der Waals surface area contributed by atoms with Crippen molar-refractivity contribution in [2.75, 3.05) is 21.3 Å². The van der Waals surface area contributed by atoms with E-state index >= 15 is 0 Å². The topological polar surface area (TPSA) is 71.0 Å². The molecule has 0 saturated heterocycles. The van der Waals surface area contributed by atoms with E-state index in [1.807, 2.05) is 0 Å².